The first kappa shape index (κ1) is 14.2. The molecule has 1 aromatic carbocycles. The van der Waals surface area contributed by atoms with Gasteiger partial charge in [-0.05, 0) is 49.4 Å². The zero-order chi connectivity index (χ0) is 14.4. The summed E-state index contributed by atoms with van der Waals surface area (Å²) in [7, 11) is 0. The average molecular weight is 264 g/mol. The molecule has 2 unspecified atom stereocenters. The minimum absolute atomic E-state index is 0.0223. The Hall–Kier alpha value is -1.23. The van der Waals surface area contributed by atoms with Gasteiger partial charge in [-0.1, -0.05) is 6.07 Å². The average Bonchev–Trinajstić information content (AvgIpc) is 2.57. The van der Waals surface area contributed by atoms with Gasteiger partial charge in [0.1, 0.15) is 0 Å². The summed E-state index contributed by atoms with van der Waals surface area (Å²) in [6.45, 7) is 4.97. The van der Waals surface area contributed by atoms with E-state index >= 15 is 0 Å². The molecule has 0 aromatic heterocycles. The van der Waals surface area contributed by atoms with Crippen molar-refractivity contribution < 1.29 is 20.1 Å². The number of aliphatic hydroxyl groups is 3. The molecule has 0 radical (unpaired) electrons. The summed E-state index contributed by atoms with van der Waals surface area (Å²) in [6.07, 6.45) is -0.481. The number of fused-ring (bicyclic) bond motifs is 1. The van der Waals surface area contributed by atoms with Gasteiger partial charge in [-0.2, -0.15) is 0 Å². The third-order valence-electron chi connectivity index (χ3n) is 4.30. The summed E-state index contributed by atoms with van der Waals surface area (Å²) in [5.74, 6) is -0.214. The SMILES string of the molecule is Cc1cc2c(c(C)c1CCO)C(=O)C(C)(CO)C2O. The van der Waals surface area contributed by atoms with Crippen LogP contribution in [0.5, 0.6) is 0 Å². The number of ketones is 1. The monoisotopic (exact) mass is 264 g/mol. The van der Waals surface area contributed by atoms with E-state index in [1.165, 1.54) is 0 Å². The molecule has 3 N–H and O–H groups in total. The zero-order valence-electron chi connectivity index (χ0n) is 11.5. The van der Waals surface area contributed by atoms with E-state index in [4.69, 9.17) is 5.11 Å². The third-order valence-corrected chi connectivity index (χ3v) is 4.30. The lowest BCUT2D eigenvalue weighted by Gasteiger charge is -2.23. The minimum atomic E-state index is -1.16. The highest BCUT2D eigenvalue weighted by Gasteiger charge is 2.49. The second-order valence-corrected chi connectivity index (χ2v) is 5.54. The molecule has 4 nitrogen and oxygen atoms in total. The molecule has 1 aromatic rings. The number of rotatable bonds is 3. The quantitative estimate of drug-likeness (QED) is 0.763. The Labute approximate surface area is 112 Å². The second kappa shape index (κ2) is 4.71. The van der Waals surface area contributed by atoms with Crippen LogP contribution in [0.4, 0.5) is 0 Å². The van der Waals surface area contributed by atoms with Crippen LogP contribution in [0.2, 0.25) is 0 Å². The molecule has 104 valence electrons. The Bertz CT molecular complexity index is 535. The van der Waals surface area contributed by atoms with Crippen molar-refractivity contribution in [1.82, 2.24) is 0 Å². The fourth-order valence-corrected chi connectivity index (χ4v) is 2.98. The van der Waals surface area contributed by atoms with Crippen molar-refractivity contribution in [1.29, 1.82) is 0 Å². The minimum Gasteiger partial charge on any atom is -0.396 e. The van der Waals surface area contributed by atoms with Gasteiger partial charge in [-0.15, -0.1) is 0 Å². The Morgan fingerprint density at radius 1 is 1.32 bits per heavy atom. The van der Waals surface area contributed by atoms with Gasteiger partial charge in [0.15, 0.2) is 5.78 Å². The number of benzene rings is 1. The maximum absolute atomic E-state index is 12.5. The molecule has 0 saturated heterocycles. The van der Waals surface area contributed by atoms with E-state index in [-0.39, 0.29) is 19.0 Å². The molecule has 4 heteroatoms. The lowest BCUT2D eigenvalue weighted by Crippen LogP contribution is -2.32. The molecule has 1 aliphatic carbocycles. The van der Waals surface area contributed by atoms with E-state index in [1.54, 1.807) is 13.0 Å². The summed E-state index contributed by atoms with van der Waals surface area (Å²) in [5, 5.41) is 28.9. The number of hydrogen-bond donors (Lipinski definition) is 3. The second-order valence-electron chi connectivity index (χ2n) is 5.54. The van der Waals surface area contributed by atoms with Crippen LogP contribution in [0.3, 0.4) is 0 Å². The van der Waals surface area contributed by atoms with Crippen LogP contribution >= 0.6 is 0 Å². The standard InChI is InChI=1S/C15H20O4/c1-8-6-11-12(9(2)10(8)4-5-16)14(19)15(3,7-17)13(11)18/h6,13,16-18H,4-5,7H2,1-3H3. The number of carbonyl (C=O) groups excluding carboxylic acids is 1. The van der Waals surface area contributed by atoms with Crippen molar-refractivity contribution >= 4 is 5.78 Å². The Morgan fingerprint density at radius 3 is 2.47 bits per heavy atom. The largest absolute Gasteiger partial charge is 0.396 e. The van der Waals surface area contributed by atoms with Gasteiger partial charge >= 0.3 is 0 Å². The molecule has 1 aliphatic rings. The van der Waals surface area contributed by atoms with E-state index < -0.39 is 11.5 Å². The van der Waals surface area contributed by atoms with Crippen LogP contribution in [0.25, 0.3) is 0 Å². The van der Waals surface area contributed by atoms with Crippen LogP contribution in [0.15, 0.2) is 6.07 Å². The van der Waals surface area contributed by atoms with Crippen LogP contribution in [0, 0.1) is 19.3 Å². The summed E-state index contributed by atoms with van der Waals surface area (Å²) in [6, 6.07) is 1.80. The summed E-state index contributed by atoms with van der Waals surface area (Å²) >= 11 is 0. The molecule has 0 aliphatic heterocycles. The normalized spacial score (nSPS) is 25.8. The van der Waals surface area contributed by atoms with E-state index in [0.29, 0.717) is 17.5 Å². The summed E-state index contributed by atoms with van der Waals surface area (Å²) in [4.78, 5) is 12.5. The summed E-state index contributed by atoms with van der Waals surface area (Å²) in [5.41, 5.74) is 2.67. The van der Waals surface area contributed by atoms with Crippen molar-refractivity contribution in [3.05, 3.63) is 33.9 Å². The molecule has 2 rings (SSSR count). The molecular formula is C15H20O4. The fourth-order valence-electron chi connectivity index (χ4n) is 2.98. The lowest BCUT2D eigenvalue weighted by molar-refractivity contribution is 0.0129. The highest BCUT2D eigenvalue weighted by molar-refractivity contribution is 6.07. The molecule has 0 spiro atoms. The molecule has 0 bridgehead atoms. The Balaban J connectivity index is 2.67. The van der Waals surface area contributed by atoms with Crippen LogP contribution in [0.1, 0.15) is 45.6 Å². The predicted octanol–water partition coefficient (Wildman–Crippen LogP) is 1.07. The first-order valence-electron chi connectivity index (χ1n) is 6.46. The van der Waals surface area contributed by atoms with E-state index in [2.05, 4.69) is 0 Å². The zero-order valence-corrected chi connectivity index (χ0v) is 11.5. The molecular weight excluding hydrogens is 244 g/mol. The van der Waals surface area contributed by atoms with Crippen molar-refractivity contribution in [2.45, 2.75) is 33.3 Å². The van der Waals surface area contributed by atoms with Crippen LogP contribution < -0.4 is 0 Å². The maximum Gasteiger partial charge on any atom is 0.174 e. The van der Waals surface area contributed by atoms with Crippen LogP contribution in [-0.4, -0.2) is 34.3 Å². The van der Waals surface area contributed by atoms with Gasteiger partial charge in [0.05, 0.1) is 18.1 Å². The lowest BCUT2D eigenvalue weighted by atomic mass is 9.84. The van der Waals surface area contributed by atoms with Crippen molar-refractivity contribution in [3.63, 3.8) is 0 Å². The van der Waals surface area contributed by atoms with Crippen molar-refractivity contribution in [2.75, 3.05) is 13.2 Å². The topological polar surface area (TPSA) is 77.8 Å². The Morgan fingerprint density at radius 2 is 1.95 bits per heavy atom. The fraction of sp³-hybridized carbons (Fsp3) is 0.533. The smallest absolute Gasteiger partial charge is 0.174 e. The van der Waals surface area contributed by atoms with Gasteiger partial charge in [0, 0.05) is 12.2 Å². The van der Waals surface area contributed by atoms with Gasteiger partial charge in [0.2, 0.25) is 0 Å². The van der Waals surface area contributed by atoms with Crippen molar-refractivity contribution in [2.24, 2.45) is 5.41 Å². The number of aliphatic hydroxyl groups excluding tert-OH is 3. The number of Topliss-reactive ketones (excluding diaryl/α,β-unsaturated/α-hetero) is 1. The van der Waals surface area contributed by atoms with Gasteiger partial charge < -0.3 is 15.3 Å². The molecule has 0 saturated carbocycles. The third kappa shape index (κ3) is 1.83. The maximum atomic E-state index is 12.5. The van der Waals surface area contributed by atoms with Gasteiger partial charge in [-0.3, -0.25) is 4.79 Å². The van der Waals surface area contributed by atoms with E-state index in [1.807, 2.05) is 13.8 Å². The van der Waals surface area contributed by atoms with Gasteiger partial charge in [0.25, 0.3) is 0 Å². The summed E-state index contributed by atoms with van der Waals surface area (Å²) < 4.78 is 0. The Kier molecular flexibility index (Phi) is 3.51. The molecule has 0 amide bonds. The molecule has 2 atom stereocenters. The molecule has 0 heterocycles. The first-order valence-corrected chi connectivity index (χ1v) is 6.46. The number of hydrogen-bond acceptors (Lipinski definition) is 4. The first-order chi connectivity index (χ1) is 8.88. The predicted molar refractivity (Wildman–Crippen MR) is 71.2 cm³/mol. The van der Waals surface area contributed by atoms with Gasteiger partial charge in [-0.25, -0.2) is 0 Å². The highest BCUT2D eigenvalue weighted by Crippen LogP contribution is 2.47. The molecule has 19 heavy (non-hydrogen) atoms. The number of carbonyl (C=O) groups is 1. The van der Waals surface area contributed by atoms with Crippen LogP contribution in [-0.2, 0) is 6.42 Å². The highest BCUT2D eigenvalue weighted by atomic mass is 16.3. The molecule has 0 fully saturated rings. The van der Waals surface area contributed by atoms with Crippen molar-refractivity contribution in [3.8, 4) is 0 Å². The van der Waals surface area contributed by atoms with E-state index in [0.717, 1.165) is 16.7 Å². The number of aryl methyl sites for hydroxylation is 1. The van der Waals surface area contributed by atoms with E-state index in [9.17, 15) is 15.0 Å².